The molecule has 0 unspecified atom stereocenters. The van der Waals surface area contributed by atoms with Gasteiger partial charge in [-0.05, 0) is 36.4 Å². The van der Waals surface area contributed by atoms with E-state index in [2.05, 4.69) is 0 Å². The highest BCUT2D eigenvalue weighted by Gasteiger charge is 2.17. The molecule has 3 aromatic rings. The van der Waals surface area contributed by atoms with Gasteiger partial charge in [-0.3, -0.25) is 0 Å². The maximum atomic E-state index is 12.0. The summed E-state index contributed by atoms with van der Waals surface area (Å²) in [4.78, 5) is 24.1. The lowest BCUT2D eigenvalue weighted by Crippen LogP contribution is -2.04. The quantitative estimate of drug-likeness (QED) is 0.547. The van der Waals surface area contributed by atoms with Crippen molar-refractivity contribution in [2.45, 2.75) is 24.7 Å². The smallest absolute Gasteiger partial charge is 0.374 e. The average molecular weight is 374 g/mol. The molecule has 0 saturated carbocycles. The fourth-order valence-corrected chi connectivity index (χ4v) is 3.19. The summed E-state index contributed by atoms with van der Waals surface area (Å²) in [6, 6.07) is 9.93. The zero-order valence-electron chi connectivity index (χ0n) is 13.6. The molecular formula is C18H14O7S. The number of furan rings is 3. The second-order valence-corrected chi connectivity index (χ2v) is 6.53. The molecule has 0 radical (unpaired) electrons. The molecule has 7 nitrogen and oxygen atoms in total. The van der Waals surface area contributed by atoms with Gasteiger partial charge in [-0.25, -0.2) is 9.59 Å². The SMILES string of the molecule is O=C1OCc2ccc(o2)COC(=O)c2ccc(o2)CSCc2ccc1o2. The molecule has 0 aliphatic carbocycles. The van der Waals surface area contributed by atoms with E-state index in [0.717, 1.165) is 0 Å². The zero-order valence-corrected chi connectivity index (χ0v) is 14.4. The molecule has 0 atom stereocenters. The monoisotopic (exact) mass is 374 g/mol. The molecule has 1 aliphatic rings. The predicted molar refractivity (Wildman–Crippen MR) is 89.4 cm³/mol. The first-order valence-corrected chi connectivity index (χ1v) is 9.00. The second kappa shape index (κ2) is 7.17. The minimum atomic E-state index is -0.567. The van der Waals surface area contributed by atoms with Crippen LogP contribution >= 0.6 is 11.8 Å². The lowest BCUT2D eigenvalue weighted by Gasteiger charge is -2.02. The van der Waals surface area contributed by atoms with Gasteiger partial charge in [-0.15, -0.1) is 11.8 Å². The van der Waals surface area contributed by atoms with Crippen LogP contribution in [0.3, 0.4) is 0 Å². The van der Waals surface area contributed by atoms with Crippen molar-refractivity contribution in [1.82, 2.24) is 0 Å². The van der Waals surface area contributed by atoms with Gasteiger partial charge >= 0.3 is 11.9 Å². The van der Waals surface area contributed by atoms with E-state index >= 15 is 0 Å². The van der Waals surface area contributed by atoms with Crippen molar-refractivity contribution in [3.63, 3.8) is 0 Å². The van der Waals surface area contributed by atoms with Gasteiger partial charge in [0.15, 0.2) is 0 Å². The van der Waals surface area contributed by atoms with Crippen LogP contribution in [0.2, 0.25) is 0 Å². The maximum Gasteiger partial charge on any atom is 0.374 e. The molecule has 4 rings (SSSR count). The minimum absolute atomic E-state index is 0.0426. The molecule has 0 aromatic carbocycles. The van der Waals surface area contributed by atoms with E-state index in [1.807, 2.05) is 0 Å². The Morgan fingerprint density at radius 2 is 1.08 bits per heavy atom. The minimum Gasteiger partial charge on any atom is -0.459 e. The summed E-state index contributed by atoms with van der Waals surface area (Å²) in [6.07, 6.45) is 0. The molecule has 8 heteroatoms. The number of cyclic esters (lactones) is 2. The highest BCUT2D eigenvalue weighted by molar-refractivity contribution is 7.97. The third-order valence-corrected chi connectivity index (χ3v) is 4.60. The predicted octanol–water partition coefficient (Wildman–Crippen LogP) is 3.93. The van der Waals surface area contributed by atoms with Crippen LogP contribution in [0.4, 0.5) is 0 Å². The molecule has 4 heterocycles. The zero-order chi connectivity index (χ0) is 17.9. The Kier molecular flexibility index (Phi) is 4.57. The molecule has 6 bridgehead atoms. The van der Waals surface area contributed by atoms with Crippen LogP contribution in [-0.4, -0.2) is 11.9 Å². The molecule has 3 aromatic heterocycles. The van der Waals surface area contributed by atoms with E-state index in [4.69, 9.17) is 22.7 Å². The van der Waals surface area contributed by atoms with Gasteiger partial charge in [0, 0.05) is 0 Å². The Bertz CT molecular complexity index is 860. The van der Waals surface area contributed by atoms with Crippen LogP contribution in [0, 0.1) is 0 Å². The molecule has 134 valence electrons. The van der Waals surface area contributed by atoms with E-state index in [-0.39, 0.29) is 24.7 Å². The summed E-state index contributed by atoms with van der Waals surface area (Å²) in [5.74, 6) is 2.42. The summed E-state index contributed by atoms with van der Waals surface area (Å²) >= 11 is 1.53. The van der Waals surface area contributed by atoms with Crippen LogP contribution in [-0.2, 0) is 34.2 Å². The van der Waals surface area contributed by atoms with E-state index in [9.17, 15) is 9.59 Å². The molecule has 0 amide bonds. The van der Waals surface area contributed by atoms with Crippen LogP contribution in [0.25, 0.3) is 0 Å². The lowest BCUT2D eigenvalue weighted by molar-refractivity contribution is 0.0378. The average Bonchev–Trinajstić information content (AvgIpc) is 3.37. The van der Waals surface area contributed by atoms with Crippen LogP contribution < -0.4 is 0 Å². The fourth-order valence-electron chi connectivity index (χ4n) is 2.38. The Morgan fingerprint density at radius 3 is 1.58 bits per heavy atom. The largest absolute Gasteiger partial charge is 0.459 e. The highest BCUT2D eigenvalue weighted by atomic mass is 32.2. The van der Waals surface area contributed by atoms with Crippen LogP contribution in [0.1, 0.15) is 44.2 Å². The van der Waals surface area contributed by atoms with Gasteiger partial charge in [0.1, 0.15) is 36.3 Å². The third kappa shape index (κ3) is 3.70. The number of rotatable bonds is 0. The van der Waals surface area contributed by atoms with Crippen molar-refractivity contribution in [1.29, 1.82) is 0 Å². The number of carbonyl (C=O) groups is 2. The Balaban J connectivity index is 1.56. The van der Waals surface area contributed by atoms with Gasteiger partial charge in [-0.1, -0.05) is 0 Å². The molecule has 0 N–H and O–H groups in total. The lowest BCUT2D eigenvalue weighted by atomic mass is 10.4. The van der Waals surface area contributed by atoms with Gasteiger partial charge in [0.05, 0.1) is 11.5 Å². The van der Waals surface area contributed by atoms with E-state index in [0.29, 0.717) is 34.5 Å². The van der Waals surface area contributed by atoms with Gasteiger partial charge in [-0.2, -0.15) is 0 Å². The number of carbonyl (C=O) groups excluding carboxylic acids is 2. The van der Waals surface area contributed by atoms with Gasteiger partial charge in [0.2, 0.25) is 11.5 Å². The normalized spacial score (nSPS) is 15.7. The maximum absolute atomic E-state index is 12.0. The summed E-state index contributed by atoms with van der Waals surface area (Å²) in [6.45, 7) is -0.0851. The number of hydrogen-bond acceptors (Lipinski definition) is 8. The number of hydrogen-bond donors (Lipinski definition) is 0. The van der Waals surface area contributed by atoms with E-state index in [1.165, 1.54) is 11.8 Å². The van der Waals surface area contributed by atoms with Crippen molar-refractivity contribution in [3.05, 3.63) is 71.0 Å². The molecule has 1 aliphatic heterocycles. The first-order chi connectivity index (χ1) is 12.7. The van der Waals surface area contributed by atoms with Crippen molar-refractivity contribution < 1.29 is 32.3 Å². The van der Waals surface area contributed by atoms with Crippen LogP contribution in [0.15, 0.2) is 49.6 Å². The topological polar surface area (TPSA) is 92.0 Å². The highest BCUT2D eigenvalue weighted by Crippen LogP contribution is 2.22. The standard InChI is InChI=1S/C18H14O7S/c19-17-15-5-3-13(24-15)9-26-10-14-4-6-16(25-14)18(20)22-8-12-2-1-11(23-12)7-21-17/h1-6H,7-10H2. The Labute approximate surface area is 152 Å². The van der Waals surface area contributed by atoms with E-state index in [1.54, 1.807) is 36.4 Å². The second-order valence-electron chi connectivity index (χ2n) is 5.55. The summed E-state index contributed by atoms with van der Waals surface area (Å²) in [5.41, 5.74) is 0. The Morgan fingerprint density at radius 1 is 0.615 bits per heavy atom. The summed E-state index contributed by atoms with van der Waals surface area (Å²) in [5, 5.41) is 0. The third-order valence-electron chi connectivity index (χ3n) is 3.62. The molecule has 26 heavy (non-hydrogen) atoms. The summed E-state index contributed by atoms with van der Waals surface area (Å²) < 4.78 is 26.8. The molecule has 0 fully saturated rings. The van der Waals surface area contributed by atoms with Crippen molar-refractivity contribution in [3.8, 4) is 0 Å². The van der Waals surface area contributed by atoms with Crippen molar-refractivity contribution >= 4 is 23.7 Å². The van der Waals surface area contributed by atoms with E-state index < -0.39 is 11.9 Å². The first-order valence-electron chi connectivity index (χ1n) is 7.84. The van der Waals surface area contributed by atoms with Gasteiger partial charge < -0.3 is 22.7 Å². The number of thioether (sulfide) groups is 1. The molecule has 0 spiro atoms. The number of fused-ring (bicyclic) bond motifs is 6. The van der Waals surface area contributed by atoms with Gasteiger partial charge in [0.25, 0.3) is 0 Å². The number of ether oxygens (including phenoxy) is 2. The first kappa shape index (κ1) is 16.6. The molecule has 0 saturated heterocycles. The fraction of sp³-hybridized carbons (Fsp3) is 0.222. The van der Waals surface area contributed by atoms with Crippen molar-refractivity contribution in [2.75, 3.05) is 0 Å². The summed E-state index contributed by atoms with van der Waals surface area (Å²) in [7, 11) is 0. The van der Waals surface area contributed by atoms with Crippen molar-refractivity contribution in [2.24, 2.45) is 0 Å². The van der Waals surface area contributed by atoms with Crippen LogP contribution in [0.5, 0.6) is 0 Å². The Hall–Kier alpha value is -2.87. The molecular weight excluding hydrogens is 360 g/mol. The number of esters is 2.